The SMILES string of the molecule is COc1ccc(NC(N)=NCCOCC2CCCO2)cc1Cl. The fourth-order valence-corrected chi connectivity index (χ4v) is 2.41. The maximum absolute atomic E-state index is 6.04. The lowest BCUT2D eigenvalue weighted by molar-refractivity contribution is 0.0200. The number of hydrogen-bond acceptors (Lipinski definition) is 4. The van der Waals surface area contributed by atoms with Crippen molar-refractivity contribution in [2.75, 3.05) is 38.8 Å². The molecule has 1 aromatic carbocycles. The number of nitrogens with two attached hydrogens (primary N) is 1. The van der Waals surface area contributed by atoms with Gasteiger partial charge in [-0.05, 0) is 31.0 Å². The van der Waals surface area contributed by atoms with Crippen molar-refractivity contribution in [3.8, 4) is 5.75 Å². The number of nitrogens with zero attached hydrogens (tertiary/aromatic N) is 1. The second-order valence-electron chi connectivity index (χ2n) is 4.95. The normalized spacial score (nSPS) is 18.5. The third-order valence-electron chi connectivity index (χ3n) is 3.27. The van der Waals surface area contributed by atoms with Crippen LogP contribution >= 0.6 is 11.6 Å². The smallest absolute Gasteiger partial charge is 0.193 e. The number of anilines is 1. The maximum atomic E-state index is 6.04. The van der Waals surface area contributed by atoms with E-state index in [1.54, 1.807) is 19.2 Å². The maximum Gasteiger partial charge on any atom is 0.193 e. The Bertz CT molecular complexity index is 505. The summed E-state index contributed by atoms with van der Waals surface area (Å²) in [5.74, 6) is 0.937. The van der Waals surface area contributed by atoms with Crippen LogP contribution in [-0.2, 0) is 9.47 Å². The zero-order valence-corrected chi connectivity index (χ0v) is 13.4. The van der Waals surface area contributed by atoms with E-state index in [4.69, 9.17) is 31.5 Å². The van der Waals surface area contributed by atoms with Crippen molar-refractivity contribution in [1.82, 2.24) is 0 Å². The Kier molecular flexibility index (Phi) is 6.76. The lowest BCUT2D eigenvalue weighted by Crippen LogP contribution is -2.23. The van der Waals surface area contributed by atoms with Crippen molar-refractivity contribution in [3.63, 3.8) is 0 Å². The van der Waals surface area contributed by atoms with Gasteiger partial charge in [-0.25, -0.2) is 0 Å². The Morgan fingerprint density at radius 2 is 2.41 bits per heavy atom. The summed E-state index contributed by atoms with van der Waals surface area (Å²) in [7, 11) is 1.57. The molecule has 0 amide bonds. The van der Waals surface area contributed by atoms with Gasteiger partial charge in [0.05, 0.1) is 38.0 Å². The zero-order valence-electron chi connectivity index (χ0n) is 12.7. The largest absolute Gasteiger partial charge is 0.495 e. The van der Waals surface area contributed by atoms with Crippen LogP contribution in [0.25, 0.3) is 0 Å². The van der Waals surface area contributed by atoms with Crippen molar-refractivity contribution in [2.24, 2.45) is 10.7 Å². The Labute approximate surface area is 135 Å². The predicted octanol–water partition coefficient (Wildman–Crippen LogP) is 2.27. The fraction of sp³-hybridized carbons (Fsp3) is 0.533. The highest BCUT2D eigenvalue weighted by molar-refractivity contribution is 6.32. The molecular formula is C15H22ClN3O3. The number of hydrogen-bond donors (Lipinski definition) is 2. The van der Waals surface area contributed by atoms with Gasteiger partial charge < -0.3 is 25.3 Å². The van der Waals surface area contributed by atoms with E-state index in [1.165, 1.54) is 0 Å². The van der Waals surface area contributed by atoms with E-state index in [2.05, 4.69) is 10.3 Å². The average Bonchev–Trinajstić information content (AvgIpc) is 3.00. The number of benzene rings is 1. The minimum atomic E-state index is 0.237. The van der Waals surface area contributed by atoms with Gasteiger partial charge in [-0.15, -0.1) is 0 Å². The Morgan fingerprint density at radius 3 is 3.09 bits per heavy atom. The molecule has 0 saturated carbocycles. The number of rotatable bonds is 7. The van der Waals surface area contributed by atoms with Crippen LogP contribution in [0, 0.1) is 0 Å². The summed E-state index contributed by atoms with van der Waals surface area (Å²) in [6.07, 6.45) is 2.43. The summed E-state index contributed by atoms with van der Waals surface area (Å²) < 4.78 is 16.1. The van der Waals surface area contributed by atoms with Crippen molar-refractivity contribution < 1.29 is 14.2 Å². The summed E-state index contributed by atoms with van der Waals surface area (Å²) in [5.41, 5.74) is 6.57. The summed E-state index contributed by atoms with van der Waals surface area (Å²) in [6.45, 7) is 2.48. The molecule has 1 aromatic rings. The molecule has 0 aliphatic carbocycles. The number of guanidine groups is 1. The summed E-state index contributed by atoms with van der Waals surface area (Å²) >= 11 is 6.04. The first-order valence-electron chi connectivity index (χ1n) is 7.29. The molecule has 1 unspecified atom stereocenters. The first-order chi connectivity index (χ1) is 10.7. The molecule has 1 heterocycles. The molecule has 3 N–H and O–H groups in total. The lowest BCUT2D eigenvalue weighted by Gasteiger charge is -2.10. The van der Waals surface area contributed by atoms with Crippen LogP contribution in [0.3, 0.4) is 0 Å². The first-order valence-corrected chi connectivity index (χ1v) is 7.66. The van der Waals surface area contributed by atoms with E-state index in [1.807, 2.05) is 6.07 Å². The van der Waals surface area contributed by atoms with Crippen LogP contribution in [0.4, 0.5) is 5.69 Å². The molecule has 1 saturated heterocycles. The van der Waals surface area contributed by atoms with Gasteiger partial charge in [-0.3, -0.25) is 4.99 Å². The molecular weight excluding hydrogens is 306 g/mol. The van der Waals surface area contributed by atoms with Crippen molar-refractivity contribution in [2.45, 2.75) is 18.9 Å². The number of halogens is 1. The molecule has 1 atom stereocenters. The second-order valence-corrected chi connectivity index (χ2v) is 5.36. The van der Waals surface area contributed by atoms with E-state index in [0.29, 0.717) is 36.5 Å². The molecule has 0 bridgehead atoms. The summed E-state index contributed by atoms with van der Waals surface area (Å²) in [4.78, 5) is 4.20. The second kappa shape index (κ2) is 8.82. The topological polar surface area (TPSA) is 78.1 Å². The highest BCUT2D eigenvalue weighted by atomic mass is 35.5. The molecule has 6 nitrogen and oxygen atoms in total. The van der Waals surface area contributed by atoms with E-state index in [-0.39, 0.29) is 6.10 Å². The van der Waals surface area contributed by atoms with Crippen LogP contribution in [0.15, 0.2) is 23.2 Å². The number of nitrogens with one attached hydrogen (secondary N) is 1. The van der Waals surface area contributed by atoms with Gasteiger partial charge in [-0.1, -0.05) is 11.6 Å². The predicted molar refractivity (Wildman–Crippen MR) is 87.9 cm³/mol. The highest BCUT2D eigenvalue weighted by Crippen LogP contribution is 2.26. The number of ether oxygens (including phenoxy) is 3. The molecule has 2 rings (SSSR count). The van der Waals surface area contributed by atoms with Crippen LogP contribution < -0.4 is 15.8 Å². The highest BCUT2D eigenvalue weighted by Gasteiger charge is 2.14. The van der Waals surface area contributed by atoms with Gasteiger partial charge in [0.1, 0.15) is 5.75 Å². The van der Waals surface area contributed by atoms with Gasteiger partial charge in [0.2, 0.25) is 0 Å². The third-order valence-corrected chi connectivity index (χ3v) is 3.57. The molecule has 0 spiro atoms. The monoisotopic (exact) mass is 327 g/mol. The van der Waals surface area contributed by atoms with Crippen LogP contribution in [-0.4, -0.2) is 45.5 Å². The van der Waals surface area contributed by atoms with Gasteiger partial charge in [0, 0.05) is 12.3 Å². The first kappa shape index (κ1) is 16.9. The van der Waals surface area contributed by atoms with E-state index in [0.717, 1.165) is 25.1 Å². The fourth-order valence-electron chi connectivity index (χ4n) is 2.15. The molecule has 7 heteroatoms. The standard InChI is InChI=1S/C15H22ClN3O3/c1-20-14-5-4-11(9-13(14)16)19-15(17)18-6-8-21-10-12-3-2-7-22-12/h4-5,9,12H,2-3,6-8,10H2,1H3,(H3,17,18,19). The quantitative estimate of drug-likeness (QED) is 0.456. The number of methoxy groups -OCH3 is 1. The molecule has 1 fully saturated rings. The lowest BCUT2D eigenvalue weighted by atomic mass is 10.2. The van der Waals surface area contributed by atoms with Crippen molar-refractivity contribution in [1.29, 1.82) is 0 Å². The zero-order chi connectivity index (χ0) is 15.8. The molecule has 1 aliphatic heterocycles. The van der Waals surface area contributed by atoms with Gasteiger partial charge in [0.25, 0.3) is 0 Å². The molecule has 0 aromatic heterocycles. The molecule has 122 valence electrons. The third kappa shape index (κ3) is 5.36. The van der Waals surface area contributed by atoms with Gasteiger partial charge >= 0.3 is 0 Å². The van der Waals surface area contributed by atoms with Gasteiger partial charge in [0.15, 0.2) is 5.96 Å². The van der Waals surface area contributed by atoms with E-state index < -0.39 is 0 Å². The number of aliphatic imine (C=N–C) groups is 1. The molecule has 22 heavy (non-hydrogen) atoms. The summed E-state index contributed by atoms with van der Waals surface area (Å²) in [5, 5.41) is 3.49. The minimum Gasteiger partial charge on any atom is -0.495 e. The molecule has 1 aliphatic rings. The Morgan fingerprint density at radius 1 is 1.55 bits per heavy atom. The minimum absolute atomic E-state index is 0.237. The van der Waals surface area contributed by atoms with Gasteiger partial charge in [-0.2, -0.15) is 0 Å². The Balaban J connectivity index is 1.69. The molecule has 0 radical (unpaired) electrons. The van der Waals surface area contributed by atoms with Crippen LogP contribution in [0.2, 0.25) is 5.02 Å². The van der Waals surface area contributed by atoms with E-state index >= 15 is 0 Å². The Hall–Kier alpha value is -1.50. The van der Waals surface area contributed by atoms with Crippen LogP contribution in [0.1, 0.15) is 12.8 Å². The van der Waals surface area contributed by atoms with E-state index in [9.17, 15) is 0 Å². The van der Waals surface area contributed by atoms with Crippen molar-refractivity contribution >= 4 is 23.2 Å². The summed E-state index contributed by atoms with van der Waals surface area (Å²) in [6, 6.07) is 5.32. The average molecular weight is 328 g/mol. The van der Waals surface area contributed by atoms with Crippen LogP contribution in [0.5, 0.6) is 5.75 Å². The van der Waals surface area contributed by atoms with Crippen molar-refractivity contribution in [3.05, 3.63) is 23.2 Å².